The molecule has 2 aliphatic rings. The van der Waals surface area contributed by atoms with Crippen LogP contribution in [0.25, 0.3) is 5.65 Å². The van der Waals surface area contributed by atoms with Gasteiger partial charge in [-0.2, -0.15) is 0 Å². The zero-order valence-electron chi connectivity index (χ0n) is 20.8. The van der Waals surface area contributed by atoms with Crippen LogP contribution in [0.3, 0.4) is 0 Å². The lowest BCUT2D eigenvalue weighted by Crippen LogP contribution is -2.31. The van der Waals surface area contributed by atoms with Gasteiger partial charge in [-0.25, -0.2) is 20.6 Å². The second-order valence-corrected chi connectivity index (χ2v) is 8.30. The number of hydrazine groups is 1. The summed E-state index contributed by atoms with van der Waals surface area (Å²) in [5.41, 5.74) is 9.92. The Morgan fingerprint density at radius 3 is 2.43 bits per heavy atom. The van der Waals surface area contributed by atoms with E-state index in [1.165, 1.54) is 23.2 Å². The molecule has 0 spiro atoms. The number of likely N-dealkylation sites (N-methyl/N-ethyl adjacent to an activating group) is 1. The van der Waals surface area contributed by atoms with Crippen LogP contribution < -0.4 is 21.5 Å². The van der Waals surface area contributed by atoms with Crippen molar-refractivity contribution in [3.8, 4) is 0 Å². The van der Waals surface area contributed by atoms with Gasteiger partial charge < -0.3 is 15.1 Å². The van der Waals surface area contributed by atoms with Crippen LogP contribution in [0.1, 0.15) is 57.7 Å². The smallest absolute Gasteiger partial charge is 0.331 e. The van der Waals surface area contributed by atoms with Crippen LogP contribution in [0.15, 0.2) is 30.7 Å². The van der Waals surface area contributed by atoms with Gasteiger partial charge in [0.1, 0.15) is 11.7 Å². The number of hydrogen-bond donors (Lipinski definition) is 2. The molecule has 0 aromatic carbocycles. The predicted octanol–water partition coefficient (Wildman–Crippen LogP) is 4.17. The van der Waals surface area contributed by atoms with E-state index in [2.05, 4.69) is 4.98 Å². The van der Waals surface area contributed by atoms with E-state index >= 15 is 0 Å². The molecule has 4 N–H and O–H groups in total. The molecule has 3 aromatic rings. The minimum atomic E-state index is -0.357. The number of aromatic nitrogens is 3. The maximum Gasteiger partial charge on any atom is 0.331 e. The van der Waals surface area contributed by atoms with Crippen molar-refractivity contribution in [3.05, 3.63) is 47.1 Å². The number of halogens is 1. The van der Waals surface area contributed by atoms with Crippen molar-refractivity contribution < 1.29 is 9.59 Å². The highest BCUT2D eigenvalue weighted by atomic mass is 35.5. The fraction of sp³-hybridized carbons (Fsp3) is 0.417. The Bertz CT molecular complexity index is 1220. The van der Waals surface area contributed by atoms with E-state index in [0.717, 1.165) is 23.3 Å². The standard InChI is InChI=1S/C20H21ClN8O2.2C2H6/c1-26-18(30)10-28(20(26)31)16-4-12(11-2-3-11)7-27-8-13(25-19(16)27)9-29(23)15-5-17(21)24-6-14(15)22;2*1-2/h4-8,11H,2-3,9-10,22-23H2,1H3;2*1-2H3. The second-order valence-electron chi connectivity index (χ2n) is 7.91. The van der Waals surface area contributed by atoms with E-state index in [9.17, 15) is 9.59 Å². The molecule has 3 aromatic heterocycles. The zero-order chi connectivity index (χ0) is 25.9. The molecule has 0 atom stereocenters. The molecule has 0 radical (unpaired) electrons. The number of fused-ring (bicyclic) bond motifs is 1. The van der Waals surface area contributed by atoms with Gasteiger partial charge in [0.05, 0.1) is 35.5 Å². The number of amides is 3. The molecule has 3 amide bonds. The first-order chi connectivity index (χ1) is 16.8. The predicted molar refractivity (Wildman–Crippen MR) is 139 cm³/mol. The van der Waals surface area contributed by atoms with Crippen molar-refractivity contribution in [1.29, 1.82) is 0 Å². The molecule has 2 fully saturated rings. The molecule has 0 unspecified atom stereocenters. The molecule has 5 rings (SSSR count). The van der Waals surface area contributed by atoms with Crippen molar-refractivity contribution in [3.63, 3.8) is 0 Å². The van der Waals surface area contributed by atoms with Gasteiger partial charge in [0.25, 0.3) is 0 Å². The summed E-state index contributed by atoms with van der Waals surface area (Å²) in [6.07, 6.45) is 7.57. The third-order valence-electron chi connectivity index (χ3n) is 5.65. The van der Waals surface area contributed by atoms with Gasteiger partial charge in [0.2, 0.25) is 5.91 Å². The molecule has 0 bridgehead atoms. The van der Waals surface area contributed by atoms with Crippen LogP contribution in [0, 0.1) is 0 Å². The Hall–Kier alpha value is -3.37. The molecule has 188 valence electrons. The number of nitrogen functional groups attached to an aromatic ring is 1. The van der Waals surface area contributed by atoms with Gasteiger partial charge in [-0.15, -0.1) is 0 Å². The van der Waals surface area contributed by atoms with E-state index in [4.69, 9.17) is 28.2 Å². The lowest BCUT2D eigenvalue weighted by atomic mass is 10.1. The van der Waals surface area contributed by atoms with Gasteiger partial charge in [-0.3, -0.25) is 14.6 Å². The first-order valence-corrected chi connectivity index (χ1v) is 12.2. The minimum absolute atomic E-state index is 0.00360. The number of rotatable bonds is 5. The first kappa shape index (κ1) is 26.2. The largest absolute Gasteiger partial charge is 0.396 e. The minimum Gasteiger partial charge on any atom is -0.396 e. The summed E-state index contributed by atoms with van der Waals surface area (Å²) in [6.45, 7) is 8.26. The van der Waals surface area contributed by atoms with Crippen molar-refractivity contribution in [1.82, 2.24) is 19.3 Å². The number of hydrogen-bond acceptors (Lipinski definition) is 7. The van der Waals surface area contributed by atoms with Crippen molar-refractivity contribution in [2.24, 2.45) is 5.84 Å². The SMILES string of the molecule is CC.CC.CN1C(=O)CN(c2cc(C3CC3)cn3cc(CN(N)c4cc(Cl)ncc4N)nc23)C1=O. The summed E-state index contributed by atoms with van der Waals surface area (Å²) in [7, 11) is 1.49. The summed E-state index contributed by atoms with van der Waals surface area (Å²) < 4.78 is 1.89. The third-order valence-corrected chi connectivity index (χ3v) is 5.85. The van der Waals surface area contributed by atoms with E-state index < -0.39 is 0 Å². The number of carbonyl (C=O) groups excluding carboxylic acids is 2. The fourth-order valence-corrected chi connectivity index (χ4v) is 3.94. The number of urea groups is 1. The topological polar surface area (TPSA) is 126 Å². The van der Waals surface area contributed by atoms with Crippen LogP contribution in [0.2, 0.25) is 5.15 Å². The highest BCUT2D eigenvalue weighted by Gasteiger charge is 2.36. The average molecular weight is 501 g/mol. The molecule has 1 aliphatic carbocycles. The van der Waals surface area contributed by atoms with E-state index in [-0.39, 0.29) is 30.2 Å². The first-order valence-electron chi connectivity index (χ1n) is 11.8. The van der Waals surface area contributed by atoms with Gasteiger partial charge in [-0.05, 0) is 30.4 Å². The van der Waals surface area contributed by atoms with Gasteiger partial charge in [-0.1, -0.05) is 39.3 Å². The Kier molecular flexibility index (Phi) is 8.18. The number of carbonyl (C=O) groups is 2. The second kappa shape index (κ2) is 10.9. The highest BCUT2D eigenvalue weighted by Crippen LogP contribution is 2.42. The maximum atomic E-state index is 12.6. The van der Waals surface area contributed by atoms with Crippen molar-refractivity contribution in [2.75, 3.05) is 29.2 Å². The molecule has 10 nitrogen and oxygen atoms in total. The normalized spacial score (nSPS) is 15.1. The number of nitrogens with zero attached hydrogens (tertiary/aromatic N) is 6. The molecule has 4 heterocycles. The van der Waals surface area contributed by atoms with Crippen LogP contribution in [-0.2, 0) is 11.3 Å². The van der Waals surface area contributed by atoms with Crippen LogP contribution >= 0.6 is 11.6 Å². The lowest BCUT2D eigenvalue weighted by molar-refractivity contribution is -0.123. The molecular weight excluding hydrogens is 468 g/mol. The summed E-state index contributed by atoms with van der Waals surface area (Å²) >= 11 is 5.97. The quantitative estimate of drug-likeness (QED) is 0.233. The molecule has 35 heavy (non-hydrogen) atoms. The van der Waals surface area contributed by atoms with Crippen LogP contribution in [-0.4, -0.2) is 44.8 Å². The summed E-state index contributed by atoms with van der Waals surface area (Å²) in [4.78, 5) is 36.0. The monoisotopic (exact) mass is 500 g/mol. The van der Waals surface area contributed by atoms with Gasteiger partial charge in [0, 0.05) is 25.5 Å². The number of nitrogens with two attached hydrogens (primary N) is 2. The fourth-order valence-electron chi connectivity index (χ4n) is 3.79. The Morgan fingerprint density at radius 2 is 1.83 bits per heavy atom. The van der Waals surface area contributed by atoms with Crippen molar-refractivity contribution in [2.45, 2.75) is 53.0 Å². The highest BCUT2D eigenvalue weighted by molar-refractivity contribution is 6.29. The molecule has 11 heteroatoms. The van der Waals surface area contributed by atoms with E-state index in [1.807, 2.05) is 50.6 Å². The van der Waals surface area contributed by atoms with Crippen LogP contribution in [0.5, 0.6) is 0 Å². The number of pyridine rings is 2. The summed E-state index contributed by atoms with van der Waals surface area (Å²) in [5, 5.41) is 1.73. The average Bonchev–Trinajstić information content (AvgIpc) is 3.59. The number of imide groups is 1. The molecule has 1 saturated carbocycles. The van der Waals surface area contributed by atoms with E-state index in [1.54, 1.807) is 6.07 Å². The van der Waals surface area contributed by atoms with Crippen LogP contribution in [0.4, 0.5) is 21.9 Å². The Balaban J connectivity index is 0.000000815. The van der Waals surface area contributed by atoms with Crippen molar-refractivity contribution >= 4 is 46.2 Å². The maximum absolute atomic E-state index is 12.6. The molecule has 1 aliphatic heterocycles. The third kappa shape index (κ3) is 5.33. The van der Waals surface area contributed by atoms with E-state index in [0.29, 0.717) is 34.3 Å². The zero-order valence-corrected chi connectivity index (χ0v) is 21.6. The number of anilines is 3. The Labute approximate surface area is 210 Å². The molecule has 1 saturated heterocycles. The summed E-state index contributed by atoms with van der Waals surface area (Å²) in [6, 6.07) is 3.20. The molecular formula is C24H33ClN8O2. The summed E-state index contributed by atoms with van der Waals surface area (Å²) in [5.74, 6) is 6.44. The van der Waals surface area contributed by atoms with Gasteiger partial charge in [0.15, 0.2) is 5.65 Å². The number of imidazole rings is 1. The van der Waals surface area contributed by atoms with Gasteiger partial charge >= 0.3 is 6.03 Å². The Morgan fingerprint density at radius 1 is 1.14 bits per heavy atom. The lowest BCUT2D eigenvalue weighted by Gasteiger charge is -2.19.